The van der Waals surface area contributed by atoms with E-state index in [0.717, 1.165) is 10.0 Å². The second kappa shape index (κ2) is 6.29. The summed E-state index contributed by atoms with van der Waals surface area (Å²) in [6, 6.07) is 12.6. The highest BCUT2D eigenvalue weighted by Gasteiger charge is 2.13. The lowest BCUT2D eigenvalue weighted by atomic mass is 10.1. The number of rotatable bonds is 4. The number of carboxylic acid groups (broad SMARTS) is 1. The molecule has 0 aliphatic heterocycles. The highest BCUT2D eigenvalue weighted by molar-refractivity contribution is 9.10. The van der Waals surface area contributed by atoms with Crippen molar-refractivity contribution >= 4 is 39.2 Å². The van der Waals surface area contributed by atoms with E-state index in [2.05, 4.69) is 21.2 Å². The first kappa shape index (κ1) is 14.9. The van der Waals surface area contributed by atoms with Gasteiger partial charge < -0.3 is 10.4 Å². The zero-order valence-electron chi connectivity index (χ0n) is 10.7. The lowest BCUT2D eigenvalue weighted by molar-refractivity contribution is 0.0698. The van der Waals surface area contributed by atoms with Crippen molar-refractivity contribution in [3.05, 3.63) is 63.1 Å². The average Bonchev–Trinajstić information content (AvgIpc) is 2.41. The summed E-state index contributed by atoms with van der Waals surface area (Å²) in [5.41, 5.74) is 1.86. The SMILES string of the molecule is CC(Nc1ccc(Br)cc1C(=O)O)c1ccc(Cl)cc1. The molecule has 0 radical (unpaired) electrons. The summed E-state index contributed by atoms with van der Waals surface area (Å²) in [5.74, 6) is -0.961. The Morgan fingerprint density at radius 3 is 2.50 bits per heavy atom. The second-order valence-corrected chi connectivity index (χ2v) is 5.76. The Bertz CT molecular complexity index is 628. The van der Waals surface area contributed by atoms with Gasteiger partial charge in [0.15, 0.2) is 0 Å². The van der Waals surface area contributed by atoms with Crippen LogP contribution in [0.1, 0.15) is 28.9 Å². The van der Waals surface area contributed by atoms with Gasteiger partial charge in [-0.15, -0.1) is 0 Å². The van der Waals surface area contributed by atoms with Gasteiger partial charge in [-0.1, -0.05) is 39.7 Å². The predicted octanol–water partition coefficient (Wildman–Crippen LogP) is 4.97. The minimum absolute atomic E-state index is 0.0217. The summed E-state index contributed by atoms with van der Waals surface area (Å²) < 4.78 is 0.736. The molecule has 0 saturated heterocycles. The summed E-state index contributed by atoms with van der Waals surface area (Å²) in [4.78, 5) is 11.3. The number of aromatic carboxylic acids is 1. The van der Waals surface area contributed by atoms with Crippen LogP contribution in [-0.4, -0.2) is 11.1 Å². The van der Waals surface area contributed by atoms with Crippen LogP contribution in [0.5, 0.6) is 0 Å². The number of halogens is 2. The van der Waals surface area contributed by atoms with Crippen LogP contribution in [0, 0.1) is 0 Å². The van der Waals surface area contributed by atoms with Gasteiger partial charge >= 0.3 is 5.97 Å². The molecule has 0 aliphatic carbocycles. The van der Waals surface area contributed by atoms with E-state index < -0.39 is 5.97 Å². The van der Waals surface area contributed by atoms with E-state index in [0.29, 0.717) is 10.7 Å². The smallest absolute Gasteiger partial charge is 0.337 e. The van der Waals surface area contributed by atoms with Crippen LogP contribution in [0.2, 0.25) is 5.02 Å². The molecule has 2 aromatic carbocycles. The average molecular weight is 355 g/mol. The van der Waals surface area contributed by atoms with E-state index in [-0.39, 0.29) is 11.6 Å². The normalized spacial score (nSPS) is 11.9. The minimum Gasteiger partial charge on any atom is -0.478 e. The molecule has 20 heavy (non-hydrogen) atoms. The molecule has 0 saturated carbocycles. The van der Waals surface area contributed by atoms with Crippen LogP contribution < -0.4 is 5.32 Å². The molecule has 0 fully saturated rings. The fourth-order valence-corrected chi connectivity index (χ4v) is 2.37. The van der Waals surface area contributed by atoms with Crippen molar-refractivity contribution in [3.63, 3.8) is 0 Å². The third kappa shape index (κ3) is 3.52. The lowest BCUT2D eigenvalue weighted by Gasteiger charge is -2.17. The molecular weight excluding hydrogens is 342 g/mol. The quantitative estimate of drug-likeness (QED) is 0.814. The Balaban J connectivity index is 2.25. The fourth-order valence-electron chi connectivity index (χ4n) is 1.89. The van der Waals surface area contributed by atoms with Gasteiger partial charge in [0.2, 0.25) is 0 Å². The highest BCUT2D eigenvalue weighted by Crippen LogP contribution is 2.26. The largest absolute Gasteiger partial charge is 0.478 e. The number of carbonyl (C=O) groups is 1. The van der Waals surface area contributed by atoms with Crippen LogP contribution in [0.25, 0.3) is 0 Å². The molecule has 0 heterocycles. The van der Waals surface area contributed by atoms with Crippen LogP contribution >= 0.6 is 27.5 Å². The second-order valence-electron chi connectivity index (χ2n) is 4.41. The maximum atomic E-state index is 11.3. The number of hydrogen-bond donors (Lipinski definition) is 2. The van der Waals surface area contributed by atoms with E-state index in [9.17, 15) is 9.90 Å². The van der Waals surface area contributed by atoms with E-state index in [1.807, 2.05) is 37.3 Å². The molecule has 3 nitrogen and oxygen atoms in total. The van der Waals surface area contributed by atoms with Gasteiger partial charge in [0, 0.05) is 21.2 Å². The van der Waals surface area contributed by atoms with Gasteiger partial charge in [-0.3, -0.25) is 0 Å². The summed E-state index contributed by atoms with van der Waals surface area (Å²) in [7, 11) is 0. The topological polar surface area (TPSA) is 49.3 Å². The standard InChI is InChI=1S/C15H13BrClNO2/c1-9(10-2-5-12(17)6-3-10)18-14-7-4-11(16)8-13(14)15(19)20/h2-9,18H,1H3,(H,19,20). The number of carboxylic acids is 1. The molecule has 0 bridgehead atoms. The van der Waals surface area contributed by atoms with E-state index in [1.54, 1.807) is 12.1 Å². The van der Waals surface area contributed by atoms with Gasteiger partial charge in [0.1, 0.15) is 0 Å². The zero-order chi connectivity index (χ0) is 14.7. The Kier molecular flexibility index (Phi) is 4.68. The maximum absolute atomic E-state index is 11.3. The van der Waals surface area contributed by atoms with Crippen molar-refractivity contribution in [2.24, 2.45) is 0 Å². The van der Waals surface area contributed by atoms with Gasteiger partial charge in [-0.05, 0) is 42.8 Å². The van der Waals surface area contributed by atoms with Crippen LogP contribution in [0.4, 0.5) is 5.69 Å². The Hall–Kier alpha value is -1.52. The number of nitrogens with one attached hydrogen (secondary N) is 1. The van der Waals surface area contributed by atoms with Crippen LogP contribution in [-0.2, 0) is 0 Å². The third-order valence-electron chi connectivity index (χ3n) is 2.95. The van der Waals surface area contributed by atoms with E-state index in [1.165, 1.54) is 0 Å². The van der Waals surface area contributed by atoms with E-state index >= 15 is 0 Å². The molecule has 0 aliphatic rings. The van der Waals surface area contributed by atoms with Crippen LogP contribution in [0.3, 0.4) is 0 Å². The Labute approximate surface area is 130 Å². The van der Waals surface area contributed by atoms with Crippen molar-refractivity contribution in [3.8, 4) is 0 Å². The lowest BCUT2D eigenvalue weighted by Crippen LogP contribution is -2.10. The summed E-state index contributed by atoms with van der Waals surface area (Å²) in [5, 5.41) is 13.1. The molecule has 0 spiro atoms. The van der Waals surface area contributed by atoms with Gasteiger partial charge in [-0.25, -0.2) is 4.79 Å². The predicted molar refractivity (Wildman–Crippen MR) is 84.6 cm³/mol. The molecule has 0 amide bonds. The number of anilines is 1. The molecule has 0 aromatic heterocycles. The first-order valence-electron chi connectivity index (χ1n) is 6.02. The molecule has 5 heteroatoms. The maximum Gasteiger partial charge on any atom is 0.337 e. The molecular formula is C15H13BrClNO2. The summed E-state index contributed by atoms with van der Waals surface area (Å²) in [6.45, 7) is 1.97. The fraction of sp³-hybridized carbons (Fsp3) is 0.133. The van der Waals surface area contributed by atoms with E-state index in [4.69, 9.17) is 11.6 Å². The summed E-state index contributed by atoms with van der Waals surface area (Å²) >= 11 is 9.14. The van der Waals surface area contributed by atoms with Crippen molar-refractivity contribution in [1.82, 2.24) is 0 Å². The van der Waals surface area contributed by atoms with Gasteiger partial charge in [-0.2, -0.15) is 0 Å². The molecule has 2 aromatic rings. The highest BCUT2D eigenvalue weighted by atomic mass is 79.9. The van der Waals surface area contributed by atoms with Crippen molar-refractivity contribution in [2.75, 3.05) is 5.32 Å². The van der Waals surface area contributed by atoms with Crippen molar-refractivity contribution in [1.29, 1.82) is 0 Å². The number of hydrogen-bond acceptors (Lipinski definition) is 2. The molecule has 2 N–H and O–H groups in total. The minimum atomic E-state index is -0.961. The zero-order valence-corrected chi connectivity index (χ0v) is 13.1. The van der Waals surface area contributed by atoms with Crippen molar-refractivity contribution in [2.45, 2.75) is 13.0 Å². The first-order valence-corrected chi connectivity index (χ1v) is 7.19. The monoisotopic (exact) mass is 353 g/mol. The summed E-state index contributed by atoms with van der Waals surface area (Å²) in [6.07, 6.45) is 0. The number of benzene rings is 2. The molecule has 2 rings (SSSR count). The Morgan fingerprint density at radius 2 is 1.90 bits per heavy atom. The van der Waals surface area contributed by atoms with Gasteiger partial charge in [0.25, 0.3) is 0 Å². The third-order valence-corrected chi connectivity index (χ3v) is 3.70. The van der Waals surface area contributed by atoms with Crippen molar-refractivity contribution < 1.29 is 9.90 Å². The molecule has 1 unspecified atom stereocenters. The Morgan fingerprint density at radius 1 is 1.25 bits per heavy atom. The van der Waals surface area contributed by atoms with Crippen LogP contribution in [0.15, 0.2) is 46.9 Å². The molecule has 104 valence electrons. The first-order chi connectivity index (χ1) is 9.47. The van der Waals surface area contributed by atoms with Gasteiger partial charge in [0.05, 0.1) is 5.56 Å². The molecule has 1 atom stereocenters.